The van der Waals surface area contributed by atoms with E-state index in [0.29, 0.717) is 18.5 Å². The lowest BCUT2D eigenvalue weighted by molar-refractivity contribution is -0.153. The van der Waals surface area contributed by atoms with Gasteiger partial charge in [0.25, 0.3) is 5.19 Å². The van der Waals surface area contributed by atoms with E-state index >= 15 is 0 Å². The van der Waals surface area contributed by atoms with Crippen molar-refractivity contribution >= 4 is 17.2 Å². The molecule has 0 radical (unpaired) electrons. The average Bonchev–Trinajstić information content (AvgIpc) is 3.05. The molecule has 1 fully saturated rings. The summed E-state index contributed by atoms with van der Waals surface area (Å²) in [5.74, 6) is -0.517. The van der Waals surface area contributed by atoms with Crippen molar-refractivity contribution in [3.63, 3.8) is 0 Å². The molecular formula is C12H15F3N2O2S. The second-order valence-electron chi connectivity index (χ2n) is 5.08. The molecule has 0 unspecified atom stereocenters. The molecule has 1 aliphatic rings. The standard InChI is InChI=1S/C12H15F3N2O2S/c1-6(11(3-4-11)9(16)18)8-7(2)17-10(20-8)19-5-12(13,14)15/h6H,3-5H2,1-2H3,(H2,16,18)/t6-/m0/s1. The second kappa shape index (κ2) is 4.91. The number of aromatic nitrogens is 1. The van der Waals surface area contributed by atoms with Crippen LogP contribution < -0.4 is 10.5 Å². The van der Waals surface area contributed by atoms with Gasteiger partial charge in [0, 0.05) is 10.8 Å². The minimum absolute atomic E-state index is 0.0260. The van der Waals surface area contributed by atoms with Gasteiger partial charge in [-0.2, -0.15) is 13.2 Å². The number of aryl methyl sites for hydroxylation is 1. The van der Waals surface area contributed by atoms with Crippen molar-refractivity contribution in [2.75, 3.05) is 6.61 Å². The van der Waals surface area contributed by atoms with Crippen molar-refractivity contribution in [2.45, 2.75) is 38.8 Å². The molecular weight excluding hydrogens is 293 g/mol. The van der Waals surface area contributed by atoms with Gasteiger partial charge in [0.2, 0.25) is 5.91 Å². The molecule has 1 aromatic heterocycles. The van der Waals surface area contributed by atoms with Crippen LogP contribution in [0.3, 0.4) is 0 Å². The van der Waals surface area contributed by atoms with E-state index in [4.69, 9.17) is 5.73 Å². The first-order valence-electron chi connectivity index (χ1n) is 6.12. The van der Waals surface area contributed by atoms with Gasteiger partial charge in [0.1, 0.15) is 0 Å². The summed E-state index contributed by atoms with van der Waals surface area (Å²) < 4.78 is 41.0. The molecule has 1 amide bonds. The maximum Gasteiger partial charge on any atom is 0.422 e. The average molecular weight is 308 g/mol. The summed E-state index contributed by atoms with van der Waals surface area (Å²) >= 11 is 1.05. The van der Waals surface area contributed by atoms with Crippen LogP contribution in [0.1, 0.15) is 36.3 Å². The molecule has 0 spiro atoms. The molecule has 1 saturated carbocycles. The molecule has 0 aromatic carbocycles. The lowest BCUT2D eigenvalue weighted by atomic mass is 9.88. The minimum Gasteiger partial charge on any atom is -0.460 e. The Balaban J connectivity index is 2.14. The lowest BCUT2D eigenvalue weighted by Crippen LogP contribution is -2.29. The Morgan fingerprint density at radius 1 is 1.55 bits per heavy atom. The predicted molar refractivity (Wildman–Crippen MR) is 67.7 cm³/mol. The van der Waals surface area contributed by atoms with Gasteiger partial charge >= 0.3 is 6.18 Å². The fourth-order valence-electron chi connectivity index (χ4n) is 2.27. The number of amides is 1. The van der Waals surface area contributed by atoms with Gasteiger partial charge in [-0.05, 0) is 19.8 Å². The highest BCUT2D eigenvalue weighted by molar-refractivity contribution is 7.13. The molecule has 8 heteroatoms. The molecule has 1 aromatic rings. The van der Waals surface area contributed by atoms with Crippen LogP contribution in [0, 0.1) is 12.3 Å². The Kier molecular flexibility index (Phi) is 3.70. The summed E-state index contributed by atoms with van der Waals surface area (Å²) in [5.41, 5.74) is 5.43. The van der Waals surface area contributed by atoms with Gasteiger partial charge in [-0.15, -0.1) is 0 Å². The van der Waals surface area contributed by atoms with E-state index in [9.17, 15) is 18.0 Å². The van der Waals surface area contributed by atoms with Gasteiger partial charge in [-0.1, -0.05) is 18.3 Å². The third kappa shape index (κ3) is 2.89. The van der Waals surface area contributed by atoms with E-state index in [1.165, 1.54) is 0 Å². The van der Waals surface area contributed by atoms with Crippen LogP contribution in [-0.2, 0) is 4.79 Å². The van der Waals surface area contributed by atoms with Crippen molar-refractivity contribution in [3.8, 4) is 5.19 Å². The number of alkyl halides is 3. The maximum absolute atomic E-state index is 12.1. The predicted octanol–water partition coefficient (Wildman–Crippen LogP) is 2.76. The van der Waals surface area contributed by atoms with Crippen LogP contribution in [0.2, 0.25) is 0 Å². The molecule has 4 nitrogen and oxygen atoms in total. The number of hydrogen-bond donors (Lipinski definition) is 1. The smallest absolute Gasteiger partial charge is 0.422 e. The summed E-state index contributed by atoms with van der Waals surface area (Å²) in [7, 11) is 0. The number of nitrogens with two attached hydrogens (primary N) is 1. The van der Waals surface area contributed by atoms with Crippen molar-refractivity contribution in [1.82, 2.24) is 4.98 Å². The van der Waals surface area contributed by atoms with Gasteiger partial charge in [-0.25, -0.2) is 4.98 Å². The number of thiazole rings is 1. The number of primary amides is 1. The molecule has 1 heterocycles. The van der Waals surface area contributed by atoms with E-state index < -0.39 is 18.2 Å². The normalized spacial score (nSPS) is 18.6. The largest absolute Gasteiger partial charge is 0.460 e. The SMILES string of the molecule is Cc1nc(OCC(F)(F)F)sc1[C@H](C)C1(C(N)=O)CC1. The van der Waals surface area contributed by atoms with E-state index in [1.54, 1.807) is 6.92 Å². The first kappa shape index (κ1) is 15.1. The topological polar surface area (TPSA) is 65.2 Å². The minimum atomic E-state index is -4.39. The lowest BCUT2D eigenvalue weighted by Gasteiger charge is -2.18. The molecule has 0 bridgehead atoms. The zero-order valence-electron chi connectivity index (χ0n) is 11.1. The van der Waals surface area contributed by atoms with Crippen LogP contribution in [0.15, 0.2) is 0 Å². The van der Waals surface area contributed by atoms with Crippen LogP contribution >= 0.6 is 11.3 Å². The van der Waals surface area contributed by atoms with Crippen LogP contribution in [0.5, 0.6) is 5.19 Å². The number of halogens is 3. The number of nitrogens with zero attached hydrogens (tertiary/aromatic N) is 1. The zero-order valence-corrected chi connectivity index (χ0v) is 11.9. The number of hydrogen-bond acceptors (Lipinski definition) is 4. The molecule has 2 rings (SSSR count). The first-order valence-corrected chi connectivity index (χ1v) is 6.94. The molecule has 1 atom stereocenters. The third-order valence-corrected chi connectivity index (χ3v) is 4.93. The van der Waals surface area contributed by atoms with E-state index in [-0.39, 0.29) is 17.0 Å². The molecule has 1 aliphatic carbocycles. The quantitative estimate of drug-likeness (QED) is 0.909. The third-order valence-electron chi connectivity index (χ3n) is 3.67. The van der Waals surface area contributed by atoms with Gasteiger partial charge in [0.15, 0.2) is 6.61 Å². The van der Waals surface area contributed by atoms with Crippen molar-refractivity contribution < 1.29 is 22.7 Å². The summed E-state index contributed by atoms with van der Waals surface area (Å²) in [6, 6.07) is 0. The Morgan fingerprint density at radius 3 is 2.60 bits per heavy atom. The van der Waals surface area contributed by atoms with Crippen molar-refractivity contribution in [1.29, 1.82) is 0 Å². The maximum atomic E-state index is 12.1. The highest BCUT2D eigenvalue weighted by Crippen LogP contribution is 2.57. The second-order valence-corrected chi connectivity index (χ2v) is 6.07. The molecule has 2 N–H and O–H groups in total. The number of carbonyl (C=O) groups is 1. The fourth-order valence-corrected chi connectivity index (χ4v) is 3.35. The Bertz CT molecular complexity index is 523. The number of ether oxygens (including phenoxy) is 1. The Morgan fingerprint density at radius 2 is 2.15 bits per heavy atom. The first-order chi connectivity index (χ1) is 9.16. The van der Waals surface area contributed by atoms with Crippen molar-refractivity contribution in [3.05, 3.63) is 10.6 Å². The van der Waals surface area contributed by atoms with Crippen LogP contribution in [0.25, 0.3) is 0 Å². The van der Waals surface area contributed by atoms with Gasteiger partial charge < -0.3 is 10.5 Å². The summed E-state index contributed by atoms with van der Waals surface area (Å²) in [6.45, 7) is 2.18. The Hall–Kier alpha value is -1.31. The van der Waals surface area contributed by atoms with Gasteiger partial charge in [0.05, 0.1) is 11.1 Å². The Labute approximate surface area is 118 Å². The fraction of sp³-hybridized carbons (Fsp3) is 0.667. The number of rotatable bonds is 5. The summed E-state index contributed by atoms with van der Waals surface area (Å²) in [5, 5.41) is -0.0260. The molecule has 112 valence electrons. The number of carbonyl (C=O) groups excluding carboxylic acids is 1. The highest BCUT2D eigenvalue weighted by Gasteiger charge is 2.54. The van der Waals surface area contributed by atoms with Crippen LogP contribution in [0.4, 0.5) is 13.2 Å². The molecule has 0 saturated heterocycles. The monoisotopic (exact) mass is 308 g/mol. The molecule has 0 aliphatic heterocycles. The van der Waals surface area contributed by atoms with E-state index in [1.807, 2.05) is 6.92 Å². The molecule has 20 heavy (non-hydrogen) atoms. The van der Waals surface area contributed by atoms with E-state index in [2.05, 4.69) is 9.72 Å². The zero-order chi connectivity index (χ0) is 15.1. The summed E-state index contributed by atoms with van der Waals surface area (Å²) in [6.07, 6.45) is -2.98. The van der Waals surface area contributed by atoms with Crippen LogP contribution in [-0.4, -0.2) is 23.7 Å². The van der Waals surface area contributed by atoms with Crippen molar-refractivity contribution in [2.24, 2.45) is 11.1 Å². The van der Waals surface area contributed by atoms with Gasteiger partial charge in [-0.3, -0.25) is 4.79 Å². The van der Waals surface area contributed by atoms with E-state index in [0.717, 1.165) is 16.2 Å². The summed E-state index contributed by atoms with van der Waals surface area (Å²) in [4.78, 5) is 16.2. The highest BCUT2D eigenvalue weighted by atomic mass is 32.1.